The topological polar surface area (TPSA) is 72.6 Å². The van der Waals surface area contributed by atoms with E-state index in [0.717, 1.165) is 0 Å². The molecule has 1 aromatic rings. The summed E-state index contributed by atoms with van der Waals surface area (Å²) in [5, 5.41) is 0. The van der Waals surface area contributed by atoms with Crippen molar-refractivity contribution in [3.8, 4) is 0 Å². The molecule has 1 rings (SSSR count). The van der Waals surface area contributed by atoms with Gasteiger partial charge in [0.2, 0.25) is 0 Å². The van der Waals surface area contributed by atoms with Gasteiger partial charge in [-0.1, -0.05) is 0 Å². The molecule has 5 nitrogen and oxygen atoms in total. The van der Waals surface area contributed by atoms with Gasteiger partial charge in [0, 0.05) is 23.2 Å². The van der Waals surface area contributed by atoms with Gasteiger partial charge < -0.3 is 15.4 Å². The second-order valence-electron chi connectivity index (χ2n) is 3.88. The molecular weight excluding hydrogens is 312 g/mol. The van der Waals surface area contributed by atoms with E-state index in [1.807, 2.05) is 13.8 Å². The van der Waals surface area contributed by atoms with Crippen LogP contribution in [0.5, 0.6) is 0 Å². The average molecular weight is 329 g/mol. The Morgan fingerprint density at radius 2 is 1.95 bits per heavy atom. The summed E-state index contributed by atoms with van der Waals surface area (Å²) in [7, 11) is 0. The van der Waals surface area contributed by atoms with Gasteiger partial charge in [0.25, 0.3) is 5.91 Å². The van der Waals surface area contributed by atoms with Crippen molar-refractivity contribution < 1.29 is 14.3 Å². The maximum atomic E-state index is 11.8. The van der Waals surface area contributed by atoms with E-state index in [-0.39, 0.29) is 12.5 Å². The monoisotopic (exact) mass is 328 g/mol. The summed E-state index contributed by atoms with van der Waals surface area (Å²) in [5.74, 6) is -0.780. The molecule has 19 heavy (non-hydrogen) atoms. The van der Waals surface area contributed by atoms with E-state index in [9.17, 15) is 9.59 Å². The number of nitrogen functional groups attached to an aromatic ring is 1. The Kier molecular flexibility index (Phi) is 5.82. The maximum Gasteiger partial charge on any atom is 0.339 e. The molecule has 6 heteroatoms. The molecular formula is C13H17BrN2O3. The first-order valence-electron chi connectivity index (χ1n) is 5.99. The predicted molar refractivity (Wildman–Crippen MR) is 76.8 cm³/mol. The molecule has 1 amide bonds. The van der Waals surface area contributed by atoms with Crippen molar-refractivity contribution in [2.75, 3.05) is 25.4 Å². The number of anilines is 1. The summed E-state index contributed by atoms with van der Waals surface area (Å²) in [4.78, 5) is 25.1. The number of carbonyl (C=O) groups is 2. The lowest BCUT2D eigenvalue weighted by Crippen LogP contribution is -2.34. The Morgan fingerprint density at radius 3 is 2.53 bits per heavy atom. The number of hydrogen-bond acceptors (Lipinski definition) is 4. The van der Waals surface area contributed by atoms with Crippen molar-refractivity contribution in [3.63, 3.8) is 0 Å². The van der Waals surface area contributed by atoms with Crippen LogP contribution in [0.2, 0.25) is 0 Å². The van der Waals surface area contributed by atoms with Crippen LogP contribution in [-0.2, 0) is 9.53 Å². The van der Waals surface area contributed by atoms with Crippen LogP contribution in [0, 0.1) is 0 Å². The molecule has 0 unspecified atom stereocenters. The number of halogens is 1. The average Bonchev–Trinajstić information content (AvgIpc) is 2.40. The minimum Gasteiger partial charge on any atom is -0.452 e. The molecule has 0 aliphatic rings. The number of likely N-dealkylation sites (N-methyl/N-ethyl adjacent to an activating group) is 1. The van der Waals surface area contributed by atoms with Gasteiger partial charge in [-0.25, -0.2) is 4.79 Å². The summed E-state index contributed by atoms with van der Waals surface area (Å²) >= 11 is 3.24. The summed E-state index contributed by atoms with van der Waals surface area (Å²) in [5.41, 5.74) is 6.38. The molecule has 1 aromatic carbocycles. The Hall–Kier alpha value is -1.56. The van der Waals surface area contributed by atoms with Gasteiger partial charge in [0.05, 0.1) is 5.56 Å². The van der Waals surface area contributed by atoms with Crippen molar-refractivity contribution in [3.05, 3.63) is 28.2 Å². The number of amides is 1. The fourth-order valence-corrected chi connectivity index (χ4v) is 1.98. The third-order valence-electron chi connectivity index (χ3n) is 2.65. The van der Waals surface area contributed by atoms with Gasteiger partial charge in [0.1, 0.15) is 0 Å². The first kappa shape index (κ1) is 15.5. The number of benzene rings is 1. The summed E-state index contributed by atoms with van der Waals surface area (Å²) in [6.07, 6.45) is 0. The van der Waals surface area contributed by atoms with Crippen LogP contribution >= 0.6 is 15.9 Å². The number of carbonyl (C=O) groups excluding carboxylic acids is 2. The molecule has 0 aromatic heterocycles. The van der Waals surface area contributed by atoms with E-state index in [0.29, 0.717) is 28.8 Å². The van der Waals surface area contributed by atoms with E-state index >= 15 is 0 Å². The number of nitrogens with two attached hydrogens (primary N) is 1. The van der Waals surface area contributed by atoms with E-state index in [1.54, 1.807) is 17.0 Å². The van der Waals surface area contributed by atoms with Crippen molar-refractivity contribution >= 4 is 33.5 Å². The quantitative estimate of drug-likeness (QED) is 0.663. The Bertz CT molecular complexity index is 473. The van der Waals surface area contributed by atoms with Crippen LogP contribution in [-0.4, -0.2) is 36.5 Å². The molecule has 0 saturated carbocycles. The predicted octanol–water partition coefficient (Wildman–Crippen LogP) is 2.06. The molecule has 2 N–H and O–H groups in total. The molecule has 104 valence electrons. The fraction of sp³-hybridized carbons (Fsp3) is 0.385. The minimum atomic E-state index is -0.570. The number of rotatable bonds is 5. The molecule has 0 saturated heterocycles. The highest BCUT2D eigenvalue weighted by Crippen LogP contribution is 2.20. The van der Waals surface area contributed by atoms with Gasteiger partial charge in [-0.2, -0.15) is 0 Å². The van der Waals surface area contributed by atoms with Gasteiger partial charge in [-0.05, 0) is 48.0 Å². The van der Waals surface area contributed by atoms with Crippen LogP contribution in [0.15, 0.2) is 22.7 Å². The van der Waals surface area contributed by atoms with Crippen molar-refractivity contribution in [1.82, 2.24) is 4.90 Å². The van der Waals surface area contributed by atoms with Crippen molar-refractivity contribution in [2.45, 2.75) is 13.8 Å². The first-order valence-corrected chi connectivity index (χ1v) is 6.78. The lowest BCUT2D eigenvalue weighted by Gasteiger charge is -2.18. The highest BCUT2D eigenvalue weighted by Gasteiger charge is 2.16. The van der Waals surface area contributed by atoms with Crippen LogP contribution < -0.4 is 5.73 Å². The Balaban J connectivity index is 2.65. The highest BCUT2D eigenvalue weighted by molar-refractivity contribution is 9.10. The van der Waals surface area contributed by atoms with E-state index in [1.165, 1.54) is 6.07 Å². The smallest absolute Gasteiger partial charge is 0.339 e. The first-order chi connectivity index (χ1) is 8.99. The van der Waals surface area contributed by atoms with Crippen LogP contribution in [0.1, 0.15) is 24.2 Å². The molecule has 0 bridgehead atoms. The summed E-state index contributed by atoms with van der Waals surface area (Å²) in [6.45, 7) is 4.67. The third kappa shape index (κ3) is 4.24. The molecule has 0 spiro atoms. The zero-order chi connectivity index (χ0) is 14.4. The lowest BCUT2D eigenvalue weighted by molar-refractivity contribution is -0.134. The molecule has 0 atom stereocenters. The normalized spacial score (nSPS) is 10.1. The zero-order valence-corrected chi connectivity index (χ0v) is 12.6. The van der Waals surface area contributed by atoms with Crippen LogP contribution in [0.4, 0.5) is 5.69 Å². The van der Waals surface area contributed by atoms with E-state index in [4.69, 9.17) is 10.5 Å². The number of nitrogens with zero attached hydrogens (tertiary/aromatic N) is 1. The molecule has 0 fully saturated rings. The SMILES string of the molecule is CCN(CC)C(=O)COC(=O)c1cc(N)ccc1Br. The standard InChI is InChI=1S/C13H17BrN2O3/c1-3-16(4-2)12(17)8-19-13(18)10-7-9(15)5-6-11(10)14/h5-7H,3-4,8,15H2,1-2H3. The minimum absolute atomic E-state index is 0.210. The van der Waals surface area contributed by atoms with Crippen molar-refractivity contribution in [1.29, 1.82) is 0 Å². The Labute approximate surface area is 120 Å². The highest BCUT2D eigenvalue weighted by atomic mass is 79.9. The fourth-order valence-electron chi connectivity index (χ4n) is 1.57. The van der Waals surface area contributed by atoms with Crippen LogP contribution in [0.3, 0.4) is 0 Å². The summed E-state index contributed by atoms with van der Waals surface area (Å²) < 4.78 is 5.58. The number of hydrogen-bond donors (Lipinski definition) is 1. The zero-order valence-electron chi connectivity index (χ0n) is 11.0. The molecule has 0 aliphatic carbocycles. The lowest BCUT2D eigenvalue weighted by atomic mass is 10.2. The second kappa shape index (κ2) is 7.13. The Morgan fingerprint density at radius 1 is 1.32 bits per heavy atom. The van der Waals surface area contributed by atoms with Gasteiger partial charge in [-0.3, -0.25) is 4.79 Å². The molecule has 0 aliphatic heterocycles. The molecule has 0 heterocycles. The number of esters is 1. The van der Waals surface area contributed by atoms with Crippen LogP contribution in [0.25, 0.3) is 0 Å². The second-order valence-corrected chi connectivity index (χ2v) is 4.74. The third-order valence-corrected chi connectivity index (χ3v) is 3.34. The largest absolute Gasteiger partial charge is 0.452 e. The van der Waals surface area contributed by atoms with Gasteiger partial charge in [0.15, 0.2) is 6.61 Å². The number of ether oxygens (including phenoxy) is 1. The maximum absolute atomic E-state index is 11.8. The molecule has 0 radical (unpaired) electrons. The van der Waals surface area contributed by atoms with Gasteiger partial charge >= 0.3 is 5.97 Å². The van der Waals surface area contributed by atoms with E-state index in [2.05, 4.69) is 15.9 Å². The van der Waals surface area contributed by atoms with Crippen molar-refractivity contribution in [2.24, 2.45) is 0 Å². The van der Waals surface area contributed by atoms with Gasteiger partial charge in [-0.15, -0.1) is 0 Å². The summed E-state index contributed by atoms with van der Waals surface area (Å²) in [6, 6.07) is 4.84. The van der Waals surface area contributed by atoms with E-state index < -0.39 is 5.97 Å².